The summed E-state index contributed by atoms with van der Waals surface area (Å²) in [5.41, 5.74) is -1.20. The van der Waals surface area contributed by atoms with Crippen molar-refractivity contribution in [3.63, 3.8) is 0 Å². The van der Waals surface area contributed by atoms with Crippen LogP contribution in [0.15, 0.2) is 117 Å². The molecule has 0 radical (unpaired) electrons. The molecule has 4 aromatic carbocycles. The van der Waals surface area contributed by atoms with E-state index in [4.69, 9.17) is 32.1 Å². The molecule has 0 aliphatic rings. The van der Waals surface area contributed by atoms with Gasteiger partial charge >= 0.3 is 28.0 Å². The second-order valence-corrected chi connectivity index (χ2v) is 20.6. The number of aryl methyl sites for hydroxylation is 1. The Balaban J connectivity index is 1.82. The maximum Gasteiger partial charge on any atom is 0.422 e. The molecule has 0 unspecified atom stereocenters. The molecule has 0 aliphatic carbocycles. The average molecular weight is 826 g/mol. The summed E-state index contributed by atoms with van der Waals surface area (Å²) in [7, 11) is -7.41. The van der Waals surface area contributed by atoms with Gasteiger partial charge in [0.05, 0.1) is 25.0 Å². The highest BCUT2D eigenvalue weighted by Gasteiger charge is 2.44. The molecule has 4 aromatic rings. The van der Waals surface area contributed by atoms with E-state index in [0.717, 1.165) is 5.56 Å². The van der Waals surface area contributed by atoms with E-state index in [2.05, 4.69) is 0 Å². The van der Waals surface area contributed by atoms with Gasteiger partial charge in [0, 0.05) is 0 Å². The number of ether oxygens (including phenoxy) is 6. The predicted molar refractivity (Wildman–Crippen MR) is 217 cm³/mol. The number of benzene rings is 4. The minimum Gasteiger partial charge on any atom is -0.482 e. The van der Waals surface area contributed by atoms with Crippen molar-refractivity contribution in [3.8, 4) is 17.2 Å². The molecule has 57 heavy (non-hydrogen) atoms. The van der Waals surface area contributed by atoms with Gasteiger partial charge in [0.15, 0.2) is 19.8 Å². The highest BCUT2D eigenvalue weighted by Crippen LogP contribution is 2.69. The highest BCUT2D eigenvalue weighted by molar-refractivity contribution is 8.32. The molecule has 308 valence electrons. The van der Waals surface area contributed by atoms with Gasteiger partial charge < -0.3 is 28.4 Å². The normalized spacial score (nSPS) is 12.6. The van der Waals surface area contributed by atoms with Gasteiger partial charge in [-0.15, -0.1) is 8.42 Å². The van der Waals surface area contributed by atoms with Crippen molar-refractivity contribution in [3.05, 3.63) is 103 Å². The van der Waals surface area contributed by atoms with Gasteiger partial charge in [-0.05, 0) is 154 Å². The zero-order chi connectivity index (χ0) is 42.2. The van der Waals surface area contributed by atoms with Gasteiger partial charge in [-0.2, -0.15) is 0 Å². The zero-order valence-corrected chi connectivity index (χ0v) is 35.7. The Kier molecular flexibility index (Phi) is 14.1. The van der Waals surface area contributed by atoms with Crippen molar-refractivity contribution in [1.29, 1.82) is 0 Å². The van der Waals surface area contributed by atoms with Gasteiger partial charge in [0.2, 0.25) is 0 Å². The van der Waals surface area contributed by atoms with Crippen molar-refractivity contribution in [2.24, 2.45) is 0 Å². The van der Waals surface area contributed by atoms with Crippen molar-refractivity contribution in [2.75, 3.05) is 19.8 Å². The quantitative estimate of drug-likeness (QED) is 0.0489. The van der Waals surface area contributed by atoms with Crippen LogP contribution in [-0.4, -0.2) is 66.6 Å². The van der Waals surface area contributed by atoms with Crippen LogP contribution in [0.25, 0.3) is 0 Å². The summed E-state index contributed by atoms with van der Waals surface area (Å²) in [6, 6.07) is 26.4. The second kappa shape index (κ2) is 18.0. The van der Waals surface area contributed by atoms with E-state index in [-0.39, 0.29) is 24.7 Å². The number of hydrogen-bond acceptors (Lipinski definition) is 11. The van der Waals surface area contributed by atoms with Crippen LogP contribution < -0.4 is 14.2 Å². The van der Waals surface area contributed by atoms with Gasteiger partial charge in [0.25, 0.3) is 0 Å². The van der Waals surface area contributed by atoms with E-state index in [1.807, 2.05) is 6.92 Å². The molecule has 0 bridgehead atoms. The van der Waals surface area contributed by atoms with E-state index in [1.54, 1.807) is 147 Å². The minimum atomic E-state index is -4.34. The Morgan fingerprint density at radius 3 is 0.982 bits per heavy atom. The molecular weight excluding hydrogens is 773 g/mol. The van der Waals surface area contributed by atoms with E-state index < -0.39 is 55.1 Å². The molecule has 0 saturated carbocycles. The fourth-order valence-electron chi connectivity index (χ4n) is 5.18. The molecule has 14 heteroatoms. The summed E-state index contributed by atoms with van der Waals surface area (Å²) in [4.78, 5) is 38.7. The second-order valence-electron chi connectivity index (χ2n) is 16.0. The Hall–Kier alpha value is -5.05. The Morgan fingerprint density at radius 2 is 0.719 bits per heavy atom. The first-order valence-electron chi connectivity index (χ1n) is 18.2. The first kappa shape index (κ1) is 44.7. The largest absolute Gasteiger partial charge is 0.482 e. The molecule has 12 nitrogen and oxygen atoms in total. The third-order valence-corrected chi connectivity index (χ3v) is 12.8. The Labute approximate surface area is 337 Å². The van der Waals surface area contributed by atoms with E-state index in [1.165, 1.54) is 12.1 Å². The molecule has 0 fully saturated rings. The lowest BCUT2D eigenvalue weighted by molar-refractivity contribution is -0.158. The number of esters is 3. The molecule has 0 aliphatic heterocycles. The van der Waals surface area contributed by atoms with Gasteiger partial charge in [-0.1, -0.05) is 17.7 Å². The molecule has 0 aromatic heterocycles. The first-order valence-corrected chi connectivity index (χ1v) is 21.2. The molecule has 0 heterocycles. The summed E-state index contributed by atoms with van der Waals surface area (Å²) >= 11 is 0. The van der Waals surface area contributed by atoms with Crippen molar-refractivity contribution >= 4 is 38.3 Å². The third-order valence-electron chi connectivity index (χ3n) is 7.35. The van der Waals surface area contributed by atoms with Crippen molar-refractivity contribution in [2.45, 2.75) is 106 Å². The minimum absolute atomic E-state index is 0.00285. The van der Waals surface area contributed by atoms with Crippen LogP contribution in [0, 0.1) is 6.92 Å². The standard InChI is InChI=1S/C43H52O12S2/c1-30-11-19-37(20-12-30)57(47,48)55-56(34-21-13-31(14-22-34)49-27-38(44)52-41(2,3)4,35-23-15-32(16-24-35)50-28-39(45)53-42(5,6)7)36-25-17-33(18-26-36)51-29-40(46)54-43(8,9)10/h11-26H,27-29H2,1-10H3/p+1. The van der Waals surface area contributed by atoms with Crippen molar-refractivity contribution in [1.82, 2.24) is 0 Å². The summed E-state index contributed by atoms with van der Waals surface area (Å²) in [6.07, 6.45) is 0. The van der Waals surface area contributed by atoms with Crippen LogP contribution in [-0.2, 0) is 38.7 Å². The maximum atomic E-state index is 14.4. The SMILES string of the molecule is Cc1ccc(S(=O)(=O)[OH+]S(c2ccc(OCC(=O)OC(C)(C)C)cc2)(c2ccc(OCC(=O)OC(C)(C)C)cc2)c2ccc(OCC(=O)OC(C)(C)C)cc2)cc1. The third kappa shape index (κ3) is 13.5. The van der Waals surface area contributed by atoms with Crippen LogP contribution in [0.2, 0.25) is 0 Å². The summed E-state index contributed by atoms with van der Waals surface area (Å²) in [5.74, 6) is -0.612. The maximum absolute atomic E-state index is 14.4. The van der Waals surface area contributed by atoms with Gasteiger partial charge in [-0.25, -0.2) is 14.4 Å². The van der Waals surface area contributed by atoms with Crippen LogP contribution in [0.3, 0.4) is 0 Å². The molecule has 0 atom stereocenters. The summed E-state index contributed by atoms with van der Waals surface area (Å²) in [6.45, 7) is 16.7. The smallest absolute Gasteiger partial charge is 0.422 e. The van der Waals surface area contributed by atoms with Gasteiger partial charge in [-0.3, -0.25) is 3.63 Å². The molecule has 0 saturated heterocycles. The van der Waals surface area contributed by atoms with Crippen molar-refractivity contribution < 1.29 is 54.9 Å². The van der Waals surface area contributed by atoms with Crippen LogP contribution in [0.1, 0.15) is 67.9 Å². The van der Waals surface area contributed by atoms with Crippen LogP contribution in [0.5, 0.6) is 17.2 Å². The Morgan fingerprint density at radius 1 is 0.456 bits per heavy atom. The number of carbonyl (C=O) groups excluding carboxylic acids is 3. The average Bonchev–Trinajstić information content (AvgIpc) is 3.10. The molecule has 1 N–H and O–H groups in total. The number of hydrogen-bond donors (Lipinski definition) is 0. The number of carbonyl (C=O) groups is 3. The van der Waals surface area contributed by atoms with Crippen LogP contribution >= 0.6 is 10.3 Å². The lowest BCUT2D eigenvalue weighted by Gasteiger charge is -2.35. The molecule has 4 rings (SSSR count). The van der Waals surface area contributed by atoms with Crippen LogP contribution in [0.4, 0.5) is 0 Å². The molecule has 0 spiro atoms. The topological polar surface area (TPSA) is 154 Å². The molecular formula is C43H53O12S2+. The first-order chi connectivity index (χ1) is 26.4. The zero-order valence-electron chi connectivity index (χ0n) is 34.1. The van der Waals surface area contributed by atoms with E-state index in [0.29, 0.717) is 31.9 Å². The molecule has 0 amide bonds. The lowest BCUT2D eigenvalue weighted by Crippen LogP contribution is -2.27. The predicted octanol–water partition coefficient (Wildman–Crippen LogP) is 8.84. The van der Waals surface area contributed by atoms with E-state index >= 15 is 0 Å². The fraction of sp³-hybridized carbons (Fsp3) is 0.372. The fourth-order valence-corrected chi connectivity index (χ4v) is 10.6. The highest BCUT2D eigenvalue weighted by atomic mass is 32.3. The number of rotatable bonds is 15. The van der Waals surface area contributed by atoms with E-state index in [9.17, 15) is 22.8 Å². The summed E-state index contributed by atoms with van der Waals surface area (Å²) < 4.78 is 66.9. The Bertz CT molecular complexity index is 1910. The monoisotopic (exact) mass is 825 g/mol. The van der Waals surface area contributed by atoms with Gasteiger partial charge in [0.1, 0.15) is 38.9 Å². The lowest BCUT2D eigenvalue weighted by atomic mass is 10.2. The summed E-state index contributed by atoms with van der Waals surface area (Å²) in [5, 5.41) is 0.